The van der Waals surface area contributed by atoms with Gasteiger partial charge in [-0.25, -0.2) is 5.01 Å². The SMILES string of the molecule is COc1ccc(CNC(=O)CC2SC(c3ccc(C)cc3)=NN(C)C2=O)cc1. The molecule has 0 aliphatic carbocycles. The fourth-order valence-electron chi connectivity index (χ4n) is 2.74. The third-order valence-corrected chi connectivity index (χ3v) is 5.60. The van der Waals surface area contributed by atoms with Crippen LogP contribution in [0.3, 0.4) is 0 Å². The van der Waals surface area contributed by atoms with Gasteiger partial charge in [0.25, 0.3) is 5.91 Å². The molecule has 0 aromatic heterocycles. The number of hydrogen-bond donors (Lipinski definition) is 1. The third kappa shape index (κ3) is 4.92. The van der Waals surface area contributed by atoms with Gasteiger partial charge in [0.05, 0.1) is 7.11 Å². The van der Waals surface area contributed by atoms with Gasteiger partial charge in [-0.3, -0.25) is 9.59 Å². The molecule has 7 heteroatoms. The lowest BCUT2D eigenvalue weighted by molar-refractivity contribution is -0.132. The lowest BCUT2D eigenvalue weighted by Gasteiger charge is -2.26. The number of nitrogens with zero attached hydrogens (tertiary/aromatic N) is 2. The molecule has 1 aliphatic heterocycles. The molecule has 0 saturated heterocycles. The highest BCUT2D eigenvalue weighted by molar-refractivity contribution is 8.15. The van der Waals surface area contributed by atoms with Crippen molar-refractivity contribution in [3.63, 3.8) is 0 Å². The van der Waals surface area contributed by atoms with E-state index in [0.717, 1.165) is 27.5 Å². The van der Waals surface area contributed by atoms with Crippen LogP contribution in [0.5, 0.6) is 5.75 Å². The molecule has 0 spiro atoms. The Morgan fingerprint density at radius 3 is 2.50 bits per heavy atom. The van der Waals surface area contributed by atoms with Crippen LogP contribution in [0, 0.1) is 6.92 Å². The van der Waals surface area contributed by atoms with E-state index in [-0.39, 0.29) is 18.2 Å². The van der Waals surface area contributed by atoms with Crippen LogP contribution in [0.1, 0.15) is 23.1 Å². The molecule has 6 nitrogen and oxygen atoms in total. The predicted molar refractivity (Wildman–Crippen MR) is 111 cm³/mol. The van der Waals surface area contributed by atoms with E-state index >= 15 is 0 Å². The minimum Gasteiger partial charge on any atom is -0.497 e. The summed E-state index contributed by atoms with van der Waals surface area (Å²) in [6.45, 7) is 2.42. The van der Waals surface area contributed by atoms with E-state index in [0.29, 0.717) is 6.54 Å². The summed E-state index contributed by atoms with van der Waals surface area (Å²) in [6, 6.07) is 15.5. The van der Waals surface area contributed by atoms with E-state index < -0.39 is 5.25 Å². The number of rotatable bonds is 6. The Kier molecular flexibility index (Phi) is 6.36. The van der Waals surface area contributed by atoms with Crippen LogP contribution in [0.4, 0.5) is 0 Å². The lowest BCUT2D eigenvalue weighted by atomic mass is 10.2. The number of hydrogen-bond acceptors (Lipinski definition) is 5. The van der Waals surface area contributed by atoms with Crippen LogP contribution in [-0.4, -0.2) is 41.3 Å². The van der Waals surface area contributed by atoms with Crippen LogP contribution in [0.2, 0.25) is 0 Å². The molecule has 1 atom stereocenters. The summed E-state index contributed by atoms with van der Waals surface area (Å²) in [7, 11) is 3.24. The van der Waals surface area contributed by atoms with Gasteiger partial charge in [-0.05, 0) is 24.6 Å². The number of ether oxygens (including phenoxy) is 1. The quantitative estimate of drug-likeness (QED) is 0.814. The number of benzene rings is 2. The third-order valence-electron chi connectivity index (χ3n) is 4.41. The van der Waals surface area contributed by atoms with Gasteiger partial charge >= 0.3 is 0 Å². The van der Waals surface area contributed by atoms with Crippen molar-refractivity contribution in [2.24, 2.45) is 5.10 Å². The normalized spacial score (nSPS) is 16.5. The van der Waals surface area contributed by atoms with Gasteiger partial charge in [0.2, 0.25) is 5.91 Å². The molecule has 2 amide bonds. The van der Waals surface area contributed by atoms with E-state index in [1.807, 2.05) is 55.5 Å². The highest BCUT2D eigenvalue weighted by Crippen LogP contribution is 2.28. The van der Waals surface area contributed by atoms with Crippen molar-refractivity contribution in [2.75, 3.05) is 14.2 Å². The van der Waals surface area contributed by atoms with Gasteiger partial charge in [-0.15, -0.1) is 0 Å². The second-order valence-corrected chi connectivity index (χ2v) is 7.76. The van der Waals surface area contributed by atoms with Crippen LogP contribution in [0.15, 0.2) is 53.6 Å². The van der Waals surface area contributed by atoms with Crippen molar-refractivity contribution in [1.82, 2.24) is 10.3 Å². The van der Waals surface area contributed by atoms with Gasteiger partial charge in [0.15, 0.2) is 0 Å². The monoisotopic (exact) mass is 397 g/mol. The summed E-state index contributed by atoms with van der Waals surface area (Å²) in [6.07, 6.45) is 0.106. The van der Waals surface area contributed by atoms with Crippen LogP contribution in [-0.2, 0) is 16.1 Å². The average molecular weight is 398 g/mol. The second kappa shape index (κ2) is 8.93. The number of hydrazone groups is 1. The van der Waals surface area contributed by atoms with Crippen LogP contribution >= 0.6 is 11.8 Å². The smallest absolute Gasteiger partial charge is 0.256 e. The first kappa shape index (κ1) is 19.9. The molecule has 0 fully saturated rings. The van der Waals surface area contributed by atoms with E-state index in [9.17, 15) is 9.59 Å². The van der Waals surface area contributed by atoms with Crippen molar-refractivity contribution in [1.29, 1.82) is 0 Å². The second-order valence-electron chi connectivity index (χ2n) is 6.57. The van der Waals surface area contributed by atoms with Crippen molar-refractivity contribution < 1.29 is 14.3 Å². The van der Waals surface area contributed by atoms with E-state index in [1.165, 1.54) is 16.8 Å². The van der Waals surface area contributed by atoms with Gasteiger partial charge in [-0.1, -0.05) is 53.7 Å². The Labute approximate surface area is 169 Å². The number of nitrogens with one attached hydrogen (secondary N) is 1. The number of carbonyl (C=O) groups excluding carboxylic acids is 2. The molecule has 146 valence electrons. The molecule has 2 aromatic carbocycles. The highest BCUT2D eigenvalue weighted by Gasteiger charge is 2.32. The summed E-state index contributed by atoms with van der Waals surface area (Å²) in [5, 5.41) is 8.81. The molecule has 1 N–H and O–H groups in total. The van der Waals surface area contributed by atoms with Crippen LogP contribution in [0.25, 0.3) is 0 Å². The number of carbonyl (C=O) groups is 2. The fraction of sp³-hybridized carbons (Fsp3) is 0.286. The summed E-state index contributed by atoms with van der Waals surface area (Å²) in [4.78, 5) is 24.8. The average Bonchev–Trinajstić information content (AvgIpc) is 2.70. The summed E-state index contributed by atoms with van der Waals surface area (Å²) in [5.74, 6) is 0.436. The summed E-state index contributed by atoms with van der Waals surface area (Å²) >= 11 is 1.34. The van der Waals surface area contributed by atoms with E-state index in [1.54, 1.807) is 14.2 Å². The lowest BCUT2D eigenvalue weighted by Crippen LogP contribution is -2.39. The molecule has 2 aromatic rings. The topological polar surface area (TPSA) is 71.0 Å². The summed E-state index contributed by atoms with van der Waals surface area (Å²) < 4.78 is 5.13. The Morgan fingerprint density at radius 1 is 1.18 bits per heavy atom. The molecular weight excluding hydrogens is 374 g/mol. The standard InChI is InChI=1S/C21H23N3O3S/c1-14-4-8-16(9-5-14)20-23-24(2)21(26)18(28-20)12-19(25)22-13-15-6-10-17(27-3)11-7-15/h4-11,18H,12-13H2,1-3H3,(H,22,25). The zero-order valence-electron chi connectivity index (χ0n) is 16.1. The maximum atomic E-state index is 12.4. The molecule has 0 radical (unpaired) electrons. The Balaban J connectivity index is 1.60. The fourth-order valence-corrected chi connectivity index (χ4v) is 3.94. The molecule has 1 unspecified atom stereocenters. The van der Waals surface area contributed by atoms with Gasteiger partial charge in [0, 0.05) is 25.6 Å². The molecular formula is C21H23N3O3S. The highest BCUT2D eigenvalue weighted by atomic mass is 32.2. The minimum absolute atomic E-state index is 0.106. The minimum atomic E-state index is -0.491. The van der Waals surface area contributed by atoms with Crippen molar-refractivity contribution >= 4 is 28.6 Å². The zero-order chi connectivity index (χ0) is 20.1. The molecule has 3 rings (SSSR count). The van der Waals surface area contributed by atoms with Crippen LogP contribution < -0.4 is 10.1 Å². The maximum Gasteiger partial charge on any atom is 0.256 e. The molecule has 28 heavy (non-hydrogen) atoms. The molecule has 0 saturated carbocycles. The van der Waals surface area contributed by atoms with Crippen molar-refractivity contribution in [3.05, 3.63) is 65.2 Å². The number of amides is 2. The van der Waals surface area contributed by atoms with Gasteiger partial charge in [0.1, 0.15) is 16.0 Å². The first-order chi connectivity index (χ1) is 13.5. The van der Waals surface area contributed by atoms with E-state index in [2.05, 4.69) is 10.4 Å². The van der Waals surface area contributed by atoms with Gasteiger partial charge in [-0.2, -0.15) is 5.10 Å². The molecule has 0 bridgehead atoms. The van der Waals surface area contributed by atoms with Crippen molar-refractivity contribution in [3.8, 4) is 5.75 Å². The largest absolute Gasteiger partial charge is 0.497 e. The van der Waals surface area contributed by atoms with E-state index in [4.69, 9.17) is 4.74 Å². The van der Waals surface area contributed by atoms with Gasteiger partial charge < -0.3 is 10.1 Å². The molecule has 1 aliphatic rings. The zero-order valence-corrected chi connectivity index (χ0v) is 17.0. The van der Waals surface area contributed by atoms with Crippen molar-refractivity contribution in [2.45, 2.75) is 25.1 Å². The molecule has 1 heterocycles. The Morgan fingerprint density at radius 2 is 1.86 bits per heavy atom. The predicted octanol–water partition coefficient (Wildman–Crippen LogP) is 2.95. The summed E-state index contributed by atoms with van der Waals surface area (Å²) in [5.41, 5.74) is 3.07. The maximum absolute atomic E-state index is 12.4. The Bertz CT molecular complexity index is 879. The Hall–Kier alpha value is -2.80. The number of methoxy groups -OCH3 is 1. The number of thioether (sulfide) groups is 1. The number of aryl methyl sites for hydroxylation is 1. The first-order valence-electron chi connectivity index (χ1n) is 8.96. The first-order valence-corrected chi connectivity index (χ1v) is 9.83.